The number of aromatic nitrogens is 1. The third kappa shape index (κ3) is 2.45. The number of para-hydroxylation sites is 1. The van der Waals surface area contributed by atoms with Crippen LogP contribution in [0.1, 0.15) is 65.2 Å². The number of fused-ring (bicyclic) bond motifs is 1. The van der Waals surface area contributed by atoms with Gasteiger partial charge in [-0.3, -0.25) is 0 Å². The Morgan fingerprint density at radius 2 is 1.91 bits per heavy atom. The van der Waals surface area contributed by atoms with Crippen molar-refractivity contribution in [2.24, 2.45) is 33.5 Å². The SMILES string of the molecule is C=C1CC[C@@]23CC2(Cn2ccc4ccccc42)[C@@H]([C@@]2(C)CC[C@H](O)C[C@@H]2CO)CC[C@]13C. The average molecular weight is 434 g/mol. The van der Waals surface area contributed by atoms with Crippen LogP contribution in [-0.4, -0.2) is 27.5 Å². The van der Waals surface area contributed by atoms with E-state index in [0.717, 1.165) is 25.8 Å². The highest BCUT2D eigenvalue weighted by Crippen LogP contribution is 2.87. The van der Waals surface area contributed by atoms with Gasteiger partial charge in [-0.2, -0.15) is 0 Å². The Balaban J connectivity index is 1.46. The lowest BCUT2D eigenvalue weighted by atomic mass is 9.49. The summed E-state index contributed by atoms with van der Waals surface area (Å²) in [6.45, 7) is 10.8. The fourth-order valence-electron chi connectivity index (χ4n) is 9.41. The fraction of sp³-hybridized carbons (Fsp3) is 0.655. The first kappa shape index (κ1) is 21.0. The summed E-state index contributed by atoms with van der Waals surface area (Å²) < 4.78 is 2.53. The van der Waals surface area contributed by atoms with Gasteiger partial charge in [0.1, 0.15) is 0 Å². The molecule has 4 saturated carbocycles. The Kier molecular flexibility index (Phi) is 4.41. The largest absolute Gasteiger partial charge is 0.396 e. The van der Waals surface area contributed by atoms with Gasteiger partial charge in [0, 0.05) is 24.9 Å². The predicted octanol–water partition coefficient (Wildman–Crippen LogP) is 5.94. The van der Waals surface area contributed by atoms with Crippen molar-refractivity contribution in [2.45, 2.75) is 77.9 Å². The molecule has 0 aliphatic heterocycles. The van der Waals surface area contributed by atoms with Crippen LogP contribution in [0.5, 0.6) is 0 Å². The predicted molar refractivity (Wildman–Crippen MR) is 129 cm³/mol. The van der Waals surface area contributed by atoms with Gasteiger partial charge in [0.2, 0.25) is 0 Å². The zero-order chi connectivity index (χ0) is 22.4. The molecule has 0 bridgehead atoms. The van der Waals surface area contributed by atoms with Crippen molar-refractivity contribution in [3.05, 3.63) is 48.7 Å². The Morgan fingerprint density at radius 3 is 2.72 bits per heavy atom. The molecular weight excluding hydrogens is 394 g/mol. The third-order valence-electron chi connectivity index (χ3n) is 11.4. The zero-order valence-corrected chi connectivity index (χ0v) is 19.8. The van der Waals surface area contributed by atoms with E-state index >= 15 is 0 Å². The van der Waals surface area contributed by atoms with E-state index in [1.807, 2.05) is 0 Å². The molecule has 1 aromatic carbocycles. The summed E-state index contributed by atoms with van der Waals surface area (Å²) in [4.78, 5) is 0. The topological polar surface area (TPSA) is 45.4 Å². The van der Waals surface area contributed by atoms with Crippen molar-refractivity contribution >= 4 is 10.9 Å². The number of benzene rings is 1. The van der Waals surface area contributed by atoms with E-state index in [9.17, 15) is 10.2 Å². The van der Waals surface area contributed by atoms with E-state index in [1.165, 1.54) is 48.6 Å². The molecule has 2 N–H and O–H groups in total. The molecule has 6 rings (SSSR count). The second-order valence-corrected chi connectivity index (χ2v) is 12.3. The summed E-state index contributed by atoms with van der Waals surface area (Å²) >= 11 is 0. The number of allylic oxidation sites excluding steroid dienone is 1. The monoisotopic (exact) mass is 433 g/mol. The van der Waals surface area contributed by atoms with Gasteiger partial charge in [-0.15, -0.1) is 0 Å². The van der Waals surface area contributed by atoms with Gasteiger partial charge in [0.15, 0.2) is 0 Å². The summed E-state index contributed by atoms with van der Waals surface area (Å²) in [5.41, 5.74) is 3.78. The maximum Gasteiger partial charge on any atom is 0.0544 e. The molecule has 32 heavy (non-hydrogen) atoms. The Morgan fingerprint density at radius 1 is 1.09 bits per heavy atom. The van der Waals surface area contributed by atoms with Crippen molar-refractivity contribution < 1.29 is 10.2 Å². The molecule has 172 valence electrons. The van der Waals surface area contributed by atoms with Crippen LogP contribution in [0.4, 0.5) is 0 Å². The zero-order valence-electron chi connectivity index (χ0n) is 19.8. The number of rotatable bonds is 4. The number of hydrogen-bond acceptors (Lipinski definition) is 2. The second-order valence-electron chi connectivity index (χ2n) is 12.3. The third-order valence-corrected chi connectivity index (χ3v) is 11.4. The highest BCUT2D eigenvalue weighted by atomic mass is 16.3. The lowest BCUT2D eigenvalue weighted by molar-refractivity contribution is -0.0989. The molecule has 4 fully saturated rings. The summed E-state index contributed by atoms with van der Waals surface area (Å²) in [6, 6.07) is 11.0. The number of aliphatic hydroxyl groups is 2. The van der Waals surface area contributed by atoms with Gasteiger partial charge < -0.3 is 14.8 Å². The molecule has 1 heterocycles. The van der Waals surface area contributed by atoms with Crippen molar-refractivity contribution in [3.63, 3.8) is 0 Å². The maximum atomic E-state index is 10.4. The molecule has 1 spiro atoms. The highest BCUT2D eigenvalue weighted by Gasteiger charge is 2.81. The normalized spacial score (nSPS) is 45.6. The van der Waals surface area contributed by atoms with Crippen molar-refractivity contribution in [1.29, 1.82) is 0 Å². The molecule has 1 unspecified atom stereocenters. The lowest BCUT2D eigenvalue weighted by Crippen LogP contribution is -2.52. The van der Waals surface area contributed by atoms with Gasteiger partial charge in [-0.05, 0) is 102 Å². The van der Waals surface area contributed by atoms with Gasteiger partial charge in [0.05, 0.1) is 6.10 Å². The Bertz CT molecular complexity index is 1070. The summed E-state index contributed by atoms with van der Waals surface area (Å²) in [7, 11) is 0. The molecule has 0 amide bonds. The molecule has 0 saturated heterocycles. The van der Waals surface area contributed by atoms with Crippen molar-refractivity contribution in [2.75, 3.05) is 6.61 Å². The van der Waals surface area contributed by atoms with Crippen LogP contribution in [-0.2, 0) is 6.54 Å². The van der Waals surface area contributed by atoms with Crippen LogP contribution >= 0.6 is 0 Å². The minimum atomic E-state index is -0.252. The first-order valence-electron chi connectivity index (χ1n) is 12.8. The van der Waals surface area contributed by atoms with Crippen LogP contribution in [0.15, 0.2) is 48.7 Å². The summed E-state index contributed by atoms with van der Waals surface area (Å²) in [5.74, 6) is 0.779. The maximum absolute atomic E-state index is 10.4. The lowest BCUT2D eigenvalue weighted by Gasteiger charge is -2.56. The minimum Gasteiger partial charge on any atom is -0.396 e. The molecule has 3 nitrogen and oxygen atoms in total. The number of nitrogens with zero attached hydrogens (tertiary/aromatic N) is 1. The van der Waals surface area contributed by atoms with E-state index < -0.39 is 0 Å². The standard InChI is InChI=1S/C29H39NO2/c1-20-8-14-29-18-28(29,19-30-15-11-21-6-4-5-7-24(21)30)25(10-13-27(20,29)3)26(2)12-9-23(32)16-22(26)17-31/h4-7,11,15,22-23,25,31-32H,1,8-10,12-14,16-19H2,2-3H3/t22-,23+,25-,26+,27-,28?,29+/m1/s1. The first-order chi connectivity index (χ1) is 15.3. The van der Waals surface area contributed by atoms with Gasteiger partial charge in [-0.25, -0.2) is 0 Å². The van der Waals surface area contributed by atoms with Crippen molar-refractivity contribution in [1.82, 2.24) is 4.57 Å². The van der Waals surface area contributed by atoms with Crippen LogP contribution < -0.4 is 0 Å². The Labute approximate surface area is 192 Å². The van der Waals surface area contributed by atoms with Gasteiger partial charge in [-0.1, -0.05) is 44.2 Å². The van der Waals surface area contributed by atoms with Crippen LogP contribution in [0, 0.1) is 33.5 Å². The second kappa shape index (κ2) is 6.73. The quantitative estimate of drug-likeness (QED) is 0.586. The van der Waals surface area contributed by atoms with Crippen LogP contribution in [0.3, 0.4) is 0 Å². The van der Waals surface area contributed by atoms with E-state index in [4.69, 9.17) is 0 Å². The average Bonchev–Trinajstić information content (AvgIpc) is 3.18. The van der Waals surface area contributed by atoms with E-state index in [2.05, 4.69) is 61.5 Å². The van der Waals surface area contributed by atoms with Crippen LogP contribution in [0.25, 0.3) is 10.9 Å². The highest BCUT2D eigenvalue weighted by molar-refractivity contribution is 5.80. The summed E-state index contributed by atoms with van der Waals surface area (Å²) in [6.07, 6.45) is 10.9. The molecular formula is C29H39NO2. The smallest absolute Gasteiger partial charge is 0.0544 e. The van der Waals surface area contributed by atoms with Gasteiger partial charge in [0.25, 0.3) is 0 Å². The number of hydrogen-bond donors (Lipinski definition) is 2. The Hall–Kier alpha value is -1.58. The van der Waals surface area contributed by atoms with E-state index in [0.29, 0.717) is 11.3 Å². The molecule has 7 atom stereocenters. The summed E-state index contributed by atoms with van der Waals surface area (Å²) in [5, 5.41) is 22.1. The minimum absolute atomic E-state index is 0.0890. The fourth-order valence-corrected chi connectivity index (χ4v) is 9.41. The molecule has 0 radical (unpaired) electrons. The van der Waals surface area contributed by atoms with E-state index in [-0.39, 0.29) is 34.9 Å². The first-order valence-corrected chi connectivity index (χ1v) is 12.8. The molecule has 3 heteroatoms. The van der Waals surface area contributed by atoms with Gasteiger partial charge >= 0.3 is 0 Å². The molecule has 4 aliphatic rings. The van der Waals surface area contributed by atoms with Crippen molar-refractivity contribution in [3.8, 4) is 0 Å². The molecule has 1 aromatic heterocycles. The van der Waals surface area contributed by atoms with E-state index in [1.54, 1.807) is 0 Å². The molecule has 4 aliphatic carbocycles. The number of aliphatic hydroxyl groups excluding tert-OH is 2. The van der Waals surface area contributed by atoms with Crippen LogP contribution in [0.2, 0.25) is 0 Å². The molecule has 2 aromatic rings.